The number of hydrogen-bond acceptors (Lipinski definition) is 4. The Balaban J connectivity index is 1.87. The molecular formula is C14H18F3N5O2. The van der Waals surface area contributed by atoms with Gasteiger partial charge in [-0.2, -0.15) is 23.4 Å². The van der Waals surface area contributed by atoms with Crippen LogP contribution in [-0.2, 0) is 29.0 Å². The molecule has 0 spiro atoms. The van der Waals surface area contributed by atoms with E-state index in [0.717, 1.165) is 6.07 Å². The molecule has 0 saturated heterocycles. The quantitative estimate of drug-likeness (QED) is 0.836. The highest BCUT2D eigenvalue weighted by Crippen LogP contribution is 2.28. The topological polar surface area (TPSA) is 74.0 Å². The lowest BCUT2D eigenvalue weighted by Gasteiger charge is -2.05. The maximum absolute atomic E-state index is 12.6. The third-order valence-electron chi connectivity index (χ3n) is 3.17. The summed E-state index contributed by atoms with van der Waals surface area (Å²) in [6.45, 7) is 4.25. The molecule has 0 aromatic carbocycles. The number of aromatic nitrogens is 4. The third-order valence-corrected chi connectivity index (χ3v) is 3.17. The van der Waals surface area contributed by atoms with Gasteiger partial charge in [-0.05, 0) is 19.9 Å². The fraction of sp³-hybridized carbons (Fsp3) is 0.500. The van der Waals surface area contributed by atoms with Crippen molar-refractivity contribution in [1.29, 1.82) is 0 Å². The SMILES string of the molecule is CCOCn1cc(NC(=O)CCn2nc(C(F)(F)F)cc2C)cn1. The van der Waals surface area contributed by atoms with Crippen LogP contribution in [0.4, 0.5) is 18.9 Å². The maximum atomic E-state index is 12.6. The molecule has 2 aromatic rings. The third kappa shape index (κ3) is 4.82. The van der Waals surface area contributed by atoms with E-state index in [4.69, 9.17) is 4.74 Å². The molecule has 24 heavy (non-hydrogen) atoms. The first-order chi connectivity index (χ1) is 11.3. The predicted molar refractivity (Wildman–Crippen MR) is 79.1 cm³/mol. The molecule has 2 heterocycles. The standard InChI is InChI=1S/C14H18F3N5O2/c1-3-24-9-21-8-11(7-18-21)19-13(23)4-5-22-10(2)6-12(20-22)14(15,16)17/h6-8H,3-5,9H2,1-2H3,(H,19,23). The monoisotopic (exact) mass is 345 g/mol. The lowest BCUT2D eigenvalue weighted by Crippen LogP contribution is -2.16. The normalized spacial score (nSPS) is 11.7. The Morgan fingerprint density at radius 3 is 2.79 bits per heavy atom. The van der Waals surface area contributed by atoms with Gasteiger partial charge in [-0.3, -0.25) is 9.48 Å². The Morgan fingerprint density at radius 2 is 2.17 bits per heavy atom. The van der Waals surface area contributed by atoms with Crippen molar-refractivity contribution < 1.29 is 22.7 Å². The summed E-state index contributed by atoms with van der Waals surface area (Å²) in [6, 6.07) is 0.954. The Labute approximate surface area is 136 Å². The number of ether oxygens (including phenoxy) is 1. The number of nitrogens with one attached hydrogen (secondary N) is 1. The van der Waals surface area contributed by atoms with Gasteiger partial charge in [0, 0.05) is 25.3 Å². The van der Waals surface area contributed by atoms with Crippen LogP contribution in [0.15, 0.2) is 18.5 Å². The van der Waals surface area contributed by atoms with E-state index in [1.54, 1.807) is 6.20 Å². The number of anilines is 1. The summed E-state index contributed by atoms with van der Waals surface area (Å²) in [4.78, 5) is 11.9. The predicted octanol–water partition coefficient (Wildman–Crippen LogP) is 2.43. The van der Waals surface area contributed by atoms with Gasteiger partial charge >= 0.3 is 6.18 Å². The summed E-state index contributed by atoms with van der Waals surface area (Å²) in [5.41, 5.74) is -0.120. The Bertz CT molecular complexity index is 693. The van der Waals surface area contributed by atoms with Crippen LogP contribution in [0.5, 0.6) is 0 Å². The minimum absolute atomic E-state index is 0.00351. The Kier molecular flexibility index (Phi) is 5.60. The molecule has 0 fully saturated rings. The molecule has 0 aliphatic rings. The average Bonchev–Trinajstić information content (AvgIpc) is 3.09. The number of amides is 1. The lowest BCUT2D eigenvalue weighted by atomic mass is 10.3. The number of aryl methyl sites for hydroxylation is 2. The number of halogens is 3. The van der Waals surface area contributed by atoms with E-state index in [-0.39, 0.29) is 25.6 Å². The molecule has 0 aliphatic heterocycles. The van der Waals surface area contributed by atoms with Crippen molar-refractivity contribution >= 4 is 11.6 Å². The molecule has 0 saturated carbocycles. The van der Waals surface area contributed by atoms with Crippen LogP contribution in [-0.4, -0.2) is 32.1 Å². The minimum atomic E-state index is -4.49. The molecule has 2 rings (SSSR count). The maximum Gasteiger partial charge on any atom is 0.435 e. The summed E-state index contributed by atoms with van der Waals surface area (Å²) < 4.78 is 45.6. The molecule has 10 heteroatoms. The van der Waals surface area contributed by atoms with Crippen molar-refractivity contribution in [3.8, 4) is 0 Å². The summed E-state index contributed by atoms with van der Waals surface area (Å²) in [5, 5.41) is 10.1. The van der Waals surface area contributed by atoms with Gasteiger partial charge in [0.05, 0.1) is 18.1 Å². The van der Waals surface area contributed by atoms with Gasteiger partial charge in [0.1, 0.15) is 6.73 Å². The second kappa shape index (κ2) is 7.47. The van der Waals surface area contributed by atoms with Gasteiger partial charge in [-0.1, -0.05) is 0 Å². The van der Waals surface area contributed by atoms with Crippen molar-refractivity contribution in [2.45, 2.75) is 39.7 Å². The number of carbonyl (C=O) groups is 1. The number of nitrogens with zero attached hydrogens (tertiary/aromatic N) is 4. The first-order valence-electron chi connectivity index (χ1n) is 7.31. The zero-order chi connectivity index (χ0) is 17.7. The lowest BCUT2D eigenvalue weighted by molar-refractivity contribution is -0.141. The second-order valence-electron chi connectivity index (χ2n) is 5.08. The highest BCUT2D eigenvalue weighted by molar-refractivity contribution is 5.90. The fourth-order valence-corrected chi connectivity index (χ4v) is 1.99. The van der Waals surface area contributed by atoms with Crippen LogP contribution in [0.1, 0.15) is 24.7 Å². The molecular weight excluding hydrogens is 327 g/mol. The van der Waals surface area contributed by atoms with Gasteiger partial charge in [-0.15, -0.1) is 0 Å². The average molecular weight is 345 g/mol. The van der Waals surface area contributed by atoms with Crippen LogP contribution in [0.25, 0.3) is 0 Å². The van der Waals surface area contributed by atoms with Crippen molar-refractivity contribution in [3.05, 3.63) is 29.8 Å². The van der Waals surface area contributed by atoms with Crippen molar-refractivity contribution in [2.24, 2.45) is 0 Å². The van der Waals surface area contributed by atoms with E-state index in [2.05, 4.69) is 15.5 Å². The molecule has 132 valence electrons. The minimum Gasteiger partial charge on any atom is -0.360 e. The van der Waals surface area contributed by atoms with Crippen LogP contribution in [0.2, 0.25) is 0 Å². The Hall–Kier alpha value is -2.36. The van der Waals surface area contributed by atoms with E-state index in [1.807, 2.05) is 6.92 Å². The summed E-state index contributed by atoms with van der Waals surface area (Å²) in [6.07, 6.45) is -1.42. The van der Waals surface area contributed by atoms with Gasteiger partial charge in [0.2, 0.25) is 5.91 Å². The summed E-state index contributed by atoms with van der Waals surface area (Å²) in [5.74, 6) is -0.339. The van der Waals surface area contributed by atoms with Crippen molar-refractivity contribution in [2.75, 3.05) is 11.9 Å². The number of rotatable bonds is 7. The molecule has 0 atom stereocenters. The van der Waals surface area contributed by atoms with Crippen LogP contribution >= 0.6 is 0 Å². The second-order valence-corrected chi connectivity index (χ2v) is 5.08. The highest BCUT2D eigenvalue weighted by atomic mass is 19.4. The summed E-state index contributed by atoms with van der Waals surface area (Å²) >= 11 is 0. The van der Waals surface area contributed by atoms with Crippen LogP contribution in [0, 0.1) is 6.92 Å². The van der Waals surface area contributed by atoms with Crippen molar-refractivity contribution in [1.82, 2.24) is 19.6 Å². The molecule has 2 aromatic heterocycles. The molecule has 0 bridgehead atoms. The van der Waals surface area contributed by atoms with E-state index in [1.165, 1.54) is 22.5 Å². The van der Waals surface area contributed by atoms with Crippen molar-refractivity contribution in [3.63, 3.8) is 0 Å². The molecule has 1 amide bonds. The van der Waals surface area contributed by atoms with Gasteiger partial charge in [-0.25, -0.2) is 4.68 Å². The van der Waals surface area contributed by atoms with E-state index in [0.29, 0.717) is 18.0 Å². The summed E-state index contributed by atoms with van der Waals surface area (Å²) in [7, 11) is 0. The Morgan fingerprint density at radius 1 is 1.42 bits per heavy atom. The first kappa shape index (κ1) is 18.0. The van der Waals surface area contributed by atoms with E-state index >= 15 is 0 Å². The smallest absolute Gasteiger partial charge is 0.360 e. The fourth-order valence-electron chi connectivity index (χ4n) is 1.99. The number of alkyl halides is 3. The zero-order valence-corrected chi connectivity index (χ0v) is 13.3. The molecule has 0 unspecified atom stereocenters. The van der Waals surface area contributed by atoms with Gasteiger partial charge in [0.15, 0.2) is 5.69 Å². The van der Waals surface area contributed by atoms with Crippen LogP contribution in [0.3, 0.4) is 0 Å². The van der Waals surface area contributed by atoms with E-state index in [9.17, 15) is 18.0 Å². The molecule has 1 N–H and O–H groups in total. The van der Waals surface area contributed by atoms with Gasteiger partial charge < -0.3 is 10.1 Å². The number of hydrogen-bond donors (Lipinski definition) is 1. The van der Waals surface area contributed by atoms with E-state index < -0.39 is 11.9 Å². The van der Waals surface area contributed by atoms with Crippen LogP contribution < -0.4 is 5.32 Å². The first-order valence-corrected chi connectivity index (χ1v) is 7.31. The van der Waals surface area contributed by atoms with Gasteiger partial charge in [0.25, 0.3) is 0 Å². The largest absolute Gasteiger partial charge is 0.435 e. The highest BCUT2D eigenvalue weighted by Gasteiger charge is 2.34. The molecule has 7 nitrogen and oxygen atoms in total. The zero-order valence-electron chi connectivity index (χ0n) is 13.3. The molecule has 0 aliphatic carbocycles. The molecule has 0 radical (unpaired) electrons. The number of carbonyl (C=O) groups excluding carboxylic acids is 1.